The first-order chi connectivity index (χ1) is 12.6. The van der Waals surface area contributed by atoms with Gasteiger partial charge in [-0.1, -0.05) is 12.1 Å². The Hall–Kier alpha value is -3.74. The number of carbonyl (C=O) groups excluding carboxylic acids is 2. The summed E-state index contributed by atoms with van der Waals surface area (Å²) in [5.41, 5.74) is 3.07. The van der Waals surface area contributed by atoms with E-state index in [1.807, 2.05) is 18.2 Å². The summed E-state index contributed by atoms with van der Waals surface area (Å²) >= 11 is 0. The summed E-state index contributed by atoms with van der Waals surface area (Å²) in [7, 11) is 0. The molecule has 0 saturated heterocycles. The van der Waals surface area contributed by atoms with Crippen molar-refractivity contribution in [3.05, 3.63) is 72.4 Å². The van der Waals surface area contributed by atoms with Crippen molar-refractivity contribution in [1.82, 2.24) is 14.6 Å². The predicted octanol–water partition coefficient (Wildman–Crippen LogP) is 3.18. The highest BCUT2D eigenvalue weighted by molar-refractivity contribution is 6.10. The van der Waals surface area contributed by atoms with Crippen molar-refractivity contribution in [2.45, 2.75) is 6.92 Å². The minimum absolute atomic E-state index is 0.146. The van der Waals surface area contributed by atoms with Crippen LogP contribution < -0.4 is 5.32 Å². The maximum atomic E-state index is 12.6. The van der Waals surface area contributed by atoms with Gasteiger partial charge in [0.15, 0.2) is 11.4 Å². The van der Waals surface area contributed by atoms with E-state index in [4.69, 9.17) is 4.42 Å². The highest BCUT2D eigenvalue weighted by Gasteiger charge is 2.19. The largest absolute Gasteiger partial charge is 0.461 e. The number of rotatable bonds is 4. The van der Waals surface area contributed by atoms with Gasteiger partial charge < -0.3 is 9.73 Å². The standard InChI is InChI=1S/C19H14N4O3/c1-12(24)22-14-5-2-4-13(10-14)16-7-8-20-19-15(11-21-23(16)19)18(25)17-6-3-9-26-17/h2-11H,1H3,(H,22,24). The third-order valence-corrected chi connectivity index (χ3v) is 3.87. The molecular formula is C19H14N4O3. The Balaban J connectivity index is 1.81. The lowest BCUT2D eigenvalue weighted by Gasteiger charge is -2.07. The van der Waals surface area contributed by atoms with Crippen molar-refractivity contribution in [3.8, 4) is 11.3 Å². The quantitative estimate of drug-likeness (QED) is 0.573. The molecule has 1 N–H and O–H groups in total. The predicted molar refractivity (Wildman–Crippen MR) is 94.9 cm³/mol. The molecule has 0 saturated carbocycles. The second kappa shape index (κ2) is 6.29. The van der Waals surface area contributed by atoms with E-state index in [9.17, 15) is 9.59 Å². The molecule has 0 aliphatic heterocycles. The lowest BCUT2D eigenvalue weighted by Crippen LogP contribution is -2.06. The van der Waals surface area contributed by atoms with Crippen LogP contribution in [0.2, 0.25) is 0 Å². The summed E-state index contributed by atoms with van der Waals surface area (Å²) in [6.45, 7) is 1.46. The van der Waals surface area contributed by atoms with Gasteiger partial charge in [0.05, 0.1) is 23.7 Å². The van der Waals surface area contributed by atoms with Crippen LogP contribution in [-0.4, -0.2) is 26.3 Å². The number of ketones is 1. The first-order valence-corrected chi connectivity index (χ1v) is 7.92. The SMILES string of the molecule is CC(=O)Nc1cccc(-c2ccnc3c(C(=O)c4ccco4)cnn23)c1. The Kier molecular flexibility index (Phi) is 3.81. The lowest BCUT2D eigenvalue weighted by molar-refractivity contribution is -0.114. The molecule has 0 bridgehead atoms. The van der Waals surface area contributed by atoms with Gasteiger partial charge in [0.1, 0.15) is 0 Å². The molecule has 26 heavy (non-hydrogen) atoms. The van der Waals surface area contributed by atoms with Gasteiger partial charge in [-0.2, -0.15) is 5.10 Å². The highest BCUT2D eigenvalue weighted by Crippen LogP contribution is 2.24. The molecule has 1 aromatic carbocycles. The number of fused-ring (bicyclic) bond motifs is 1. The number of hydrogen-bond donors (Lipinski definition) is 1. The number of aromatic nitrogens is 3. The Morgan fingerprint density at radius 1 is 1.15 bits per heavy atom. The van der Waals surface area contributed by atoms with Crippen molar-refractivity contribution in [1.29, 1.82) is 0 Å². The fourth-order valence-corrected chi connectivity index (χ4v) is 2.77. The Bertz CT molecular complexity index is 1110. The number of nitrogens with zero attached hydrogens (tertiary/aromatic N) is 3. The van der Waals surface area contributed by atoms with Crippen molar-refractivity contribution in [3.63, 3.8) is 0 Å². The van der Waals surface area contributed by atoms with Crippen LogP contribution in [0.3, 0.4) is 0 Å². The Morgan fingerprint density at radius 2 is 2.04 bits per heavy atom. The molecule has 0 aliphatic carbocycles. The van der Waals surface area contributed by atoms with Gasteiger partial charge in [-0.15, -0.1) is 0 Å². The molecule has 0 spiro atoms. The first-order valence-electron chi connectivity index (χ1n) is 7.92. The second-order valence-corrected chi connectivity index (χ2v) is 5.69. The summed E-state index contributed by atoms with van der Waals surface area (Å²) < 4.78 is 6.78. The van der Waals surface area contributed by atoms with E-state index in [1.54, 1.807) is 35.0 Å². The summed E-state index contributed by atoms with van der Waals surface area (Å²) in [5, 5.41) is 7.08. The molecule has 3 heterocycles. The van der Waals surface area contributed by atoms with E-state index in [0.717, 1.165) is 11.3 Å². The summed E-state index contributed by atoms with van der Waals surface area (Å²) in [6, 6.07) is 12.4. The monoisotopic (exact) mass is 346 g/mol. The summed E-state index contributed by atoms with van der Waals surface area (Å²) in [6.07, 6.45) is 4.55. The molecule has 0 fully saturated rings. The first kappa shape index (κ1) is 15.8. The zero-order chi connectivity index (χ0) is 18.1. The van der Waals surface area contributed by atoms with E-state index >= 15 is 0 Å². The van der Waals surface area contributed by atoms with Crippen LogP contribution in [0.1, 0.15) is 23.0 Å². The van der Waals surface area contributed by atoms with Crippen molar-refractivity contribution < 1.29 is 14.0 Å². The molecule has 7 heteroatoms. The number of anilines is 1. The van der Waals surface area contributed by atoms with Crippen LogP contribution >= 0.6 is 0 Å². The molecule has 3 aromatic heterocycles. The van der Waals surface area contributed by atoms with Gasteiger partial charge in [-0.25, -0.2) is 9.50 Å². The van der Waals surface area contributed by atoms with Crippen molar-refractivity contribution in [2.24, 2.45) is 0 Å². The van der Waals surface area contributed by atoms with E-state index in [-0.39, 0.29) is 17.5 Å². The summed E-state index contributed by atoms with van der Waals surface area (Å²) in [4.78, 5) is 28.1. The number of hydrogen-bond acceptors (Lipinski definition) is 5. The van der Waals surface area contributed by atoms with Gasteiger partial charge in [0, 0.05) is 24.4 Å². The zero-order valence-electron chi connectivity index (χ0n) is 13.8. The smallest absolute Gasteiger partial charge is 0.233 e. The molecule has 0 radical (unpaired) electrons. The molecule has 0 unspecified atom stereocenters. The molecular weight excluding hydrogens is 332 g/mol. The highest BCUT2D eigenvalue weighted by atomic mass is 16.3. The average Bonchev–Trinajstić information content (AvgIpc) is 3.30. The number of nitrogens with one attached hydrogen (secondary N) is 1. The molecule has 1 amide bonds. The van der Waals surface area contributed by atoms with E-state index < -0.39 is 0 Å². The van der Waals surface area contributed by atoms with Crippen LogP contribution in [0, 0.1) is 0 Å². The average molecular weight is 346 g/mol. The van der Waals surface area contributed by atoms with E-state index in [0.29, 0.717) is 16.9 Å². The molecule has 4 aromatic rings. The molecule has 4 rings (SSSR count). The number of benzene rings is 1. The summed E-state index contributed by atoms with van der Waals surface area (Å²) in [5.74, 6) is -0.186. The number of furan rings is 1. The van der Waals surface area contributed by atoms with Gasteiger partial charge >= 0.3 is 0 Å². The van der Waals surface area contributed by atoms with Crippen LogP contribution in [0.4, 0.5) is 5.69 Å². The van der Waals surface area contributed by atoms with E-state index in [1.165, 1.54) is 19.4 Å². The molecule has 7 nitrogen and oxygen atoms in total. The van der Waals surface area contributed by atoms with Gasteiger partial charge in [0.25, 0.3) is 0 Å². The zero-order valence-corrected chi connectivity index (χ0v) is 13.8. The van der Waals surface area contributed by atoms with Crippen LogP contribution in [0.5, 0.6) is 0 Å². The number of amides is 1. The van der Waals surface area contributed by atoms with Gasteiger partial charge in [-0.3, -0.25) is 9.59 Å². The minimum atomic E-state index is -0.276. The normalized spacial score (nSPS) is 10.8. The van der Waals surface area contributed by atoms with Crippen LogP contribution in [0.15, 0.2) is 65.5 Å². The molecule has 128 valence electrons. The van der Waals surface area contributed by atoms with Crippen LogP contribution in [0.25, 0.3) is 16.9 Å². The number of carbonyl (C=O) groups is 2. The van der Waals surface area contributed by atoms with Crippen molar-refractivity contribution in [2.75, 3.05) is 5.32 Å². The Labute approximate surface area is 148 Å². The van der Waals surface area contributed by atoms with Gasteiger partial charge in [-0.05, 0) is 30.3 Å². The Morgan fingerprint density at radius 3 is 2.81 bits per heavy atom. The molecule has 0 aliphatic rings. The minimum Gasteiger partial charge on any atom is -0.461 e. The maximum absolute atomic E-state index is 12.6. The lowest BCUT2D eigenvalue weighted by atomic mass is 10.1. The topological polar surface area (TPSA) is 89.5 Å². The molecule has 0 atom stereocenters. The third kappa shape index (κ3) is 2.75. The van der Waals surface area contributed by atoms with Crippen molar-refractivity contribution >= 4 is 23.0 Å². The fraction of sp³-hybridized carbons (Fsp3) is 0.0526. The fourth-order valence-electron chi connectivity index (χ4n) is 2.77. The van der Waals surface area contributed by atoms with Crippen LogP contribution in [-0.2, 0) is 4.79 Å². The third-order valence-electron chi connectivity index (χ3n) is 3.87. The van der Waals surface area contributed by atoms with Gasteiger partial charge in [0.2, 0.25) is 11.7 Å². The second-order valence-electron chi connectivity index (χ2n) is 5.69. The van der Waals surface area contributed by atoms with E-state index in [2.05, 4.69) is 15.4 Å². The maximum Gasteiger partial charge on any atom is 0.233 e.